The van der Waals surface area contributed by atoms with E-state index in [0.29, 0.717) is 10.8 Å². The molecule has 1 unspecified atom stereocenters. The monoisotopic (exact) mass is 251 g/mol. The zero-order chi connectivity index (χ0) is 11.9. The fraction of sp³-hybridized carbons (Fsp3) is 0.571. The van der Waals surface area contributed by atoms with Crippen LogP contribution in [0.4, 0.5) is 4.39 Å². The van der Waals surface area contributed by atoms with Crippen LogP contribution in [0.1, 0.15) is 36.4 Å². The van der Waals surface area contributed by atoms with Gasteiger partial charge >= 0.3 is 0 Å². The number of rotatable bonds is 4. The maximum absolute atomic E-state index is 13.6. The molecule has 1 aromatic carbocycles. The fourth-order valence-electron chi connectivity index (χ4n) is 2.72. The highest BCUT2D eigenvalue weighted by Crippen LogP contribution is 2.47. The lowest BCUT2D eigenvalue weighted by Crippen LogP contribution is -2.28. The topological polar surface area (TPSA) is 12.0 Å². The van der Waals surface area contributed by atoms with Gasteiger partial charge in [-0.15, -0.1) is 0 Å². The van der Waals surface area contributed by atoms with Gasteiger partial charge in [0, 0.05) is 17.3 Å². The molecule has 0 aliphatic heterocycles. The Hall–Kier alpha value is -0.540. The van der Waals surface area contributed by atoms with Gasteiger partial charge in [-0.2, -0.15) is 11.8 Å². The minimum absolute atomic E-state index is 0.0298. The molecule has 17 heavy (non-hydrogen) atoms. The molecule has 2 aliphatic carbocycles. The Labute approximate surface area is 106 Å². The van der Waals surface area contributed by atoms with Gasteiger partial charge in [0.2, 0.25) is 0 Å². The Balaban J connectivity index is 1.69. The molecule has 0 bridgehead atoms. The standard InChI is InChI=1S/C14H18FNS/c1-17-14(7-8-14)9-16-13-6-5-10-11(13)3-2-4-12(10)15/h2-4,13,16H,5-9H2,1H3. The molecule has 0 amide bonds. The van der Waals surface area contributed by atoms with Gasteiger partial charge in [-0.1, -0.05) is 12.1 Å². The molecule has 1 aromatic rings. The molecule has 1 atom stereocenters. The second-order valence-electron chi connectivity index (χ2n) is 5.17. The summed E-state index contributed by atoms with van der Waals surface area (Å²) in [5.41, 5.74) is 2.11. The van der Waals surface area contributed by atoms with E-state index in [-0.39, 0.29) is 5.82 Å². The number of hydrogen-bond acceptors (Lipinski definition) is 2. The van der Waals surface area contributed by atoms with Crippen LogP contribution in [-0.2, 0) is 6.42 Å². The Morgan fingerprint density at radius 1 is 1.47 bits per heavy atom. The smallest absolute Gasteiger partial charge is 0.126 e. The maximum Gasteiger partial charge on any atom is 0.126 e. The van der Waals surface area contributed by atoms with Crippen LogP contribution in [0.2, 0.25) is 0 Å². The number of halogens is 1. The highest BCUT2D eigenvalue weighted by Gasteiger charge is 2.42. The lowest BCUT2D eigenvalue weighted by Gasteiger charge is -2.18. The molecule has 0 spiro atoms. The SMILES string of the molecule is CSC1(CNC2CCc3c(F)cccc32)CC1. The van der Waals surface area contributed by atoms with E-state index in [0.717, 1.165) is 24.9 Å². The van der Waals surface area contributed by atoms with Crippen molar-refractivity contribution in [2.45, 2.75) is 36.5 Å². The molecule has 92 valence electrons. The van der Waals surface area contributed by atoms with Crippen LogP contribution in [-0.4, -0.2) is 17.5 Å². The average Bonchev–Trinajstić information content (AvgIpc) is 3.01. The second-order valence-corrected chi connectivity index (χ2v) is 6.44. The molecule has 1 N–H and O–H groups in total. The number of nitrogens with one attached hydrogen (secondary N) is 1. The third kappa shape index (κ3) is 2.11. The zero-order valence-electron chi connectivity index (χ0n) is 10.1. The Morgan fingerprint density at radius 3 is 3.00 bits per heavy atom. The van der Waals surface area contributed by atoms with E-state index >= 15 is 0 Å². The highest BCUT2D eigenvalue weighted by atomic mass is 32.2. The second kappa shape index (κ2) is 4.29. The van der Waals surface area contributed by atoms with Gasteiger partial charge in [0.25, 0.3) is 0 Å². The quantitative estimate of drug-likeness (QED) is 0.881. The van der Waals surface area contributed by atoms with Crippen molar-refractivity contribution in [1.29, 1.82) is 0 Å². The Bertz CT molecular complexity index is 428. The highest BCUT2D eigenvalue weighted by molar-refractivity contribution is 8.00. The zero-order valence-corrected chi connectivity index (χ0v) is 10.9. The van der Waals surface area contributed by atoms with Crippen molar-refractivity contribution in [3.63, 3.8) is 0 Å². The van der Waals surface area contributed by atoms with Crippen LogP contribution in [0.3, 0.4) is 0 Å². The van der Waals surface area contributed by atoms with Gasteiger partial charge in [-0.25, -0.2) is 4.39 Å². The first-order chi connectivity index (χ1) is 8.24. The van der Waals surface area contributed by atoms with Crippen LogP contribution in [0, 0.1) is 5.82 Å². The van der Waals surface area contributed by atoms with Gasteiger partial charge in [-0.05, 0) is 49.1 Å². The third-order valence-electron chi connectivity index (χ3n) is 4.12. The number of fused-ring (bicyclic) bond motifs is 1. The Kier molecular flexibility index (Phi) is 2.91. The molecule has 0 heterocycles. The maximum atomic E-state index is 13.6. The molecule has 2 aliphatic rings. The molecule has 3 heteroatoms. The Morgan fingerprint density at radius 2 is 2.29 bits per heavy atom. The summed E-state index contributed by atoms with van der Waals surface area (Å²) in [6.45, 7) is 1.06. The third-order valence-corrected chi connectivity index (χ3v) is 5.54. The predicted molar refractivity (Wildman–Crippen MR) is 70.9 cm³/mol. The molecule has 0 saturated heterocycles. The molecular formula is C14H18FNS. The molecule has 1 saturated carbocycles. The molecule has 0 radical (unpaired) electrons. The minimum atomic E-state index is -0.0298. The summed E-state index contributed by atoms with van der Waals surface area (Å²) < 4.78 is 14.1. The lowest BCUT2D eigenvalue weighted by atomic mass is 10.1. The molecule has 3 rings (SSSR count). The van der Waals surface area contributed by atoms with Crippen molar-refractivity contribution in [3.8, 4) is 0 Å². The van der Waals surface area contributed by atoms with E-state index in [1.807, 2.05) is 17.8 Å². The van der Waals surface area contributed by atoms with Crippen LogP contribution < -0.4 is 5.32 Å². The fourth-order valence-corrected chi connectivity index (χ4v) is 3.46. The molecule has 0 aromatic heterocycles. The van der Waals surface area contributed by atoms with Crippen LogP contribution in [0.25, 0.3) is 0 Å². The van der Waals surface area contributed by atoms with Crippen molar-refractivity contribution in [3.05, 3.63) is 35.1 Å². The van der Waals surface area contributed by atoms with Gasteiger partial charge in [0.05, 0.1) is 0 Å². The van der Waals surface area contributed by atoms with E-state index in [9.17, 15) is 4.39 Å². The van der Waals surface area contributed by atoms with Gasteiger partial charge in [0.1, 0.15) is 5.82 Å². The van der Waals surface area contributed by atoms with Crippen molar-refractivity contribution in [2.75, 3.05) is 12.8 Å². The van der Waals surface area contributed by atoms with Crippen molar-refractivity contribution < 1.29 is 4.39 Å². The summed E-state index contributed by atoms with van der Waals surface area (Å²) in [7, 11) is 0. The average molecular weight is 251 g/mol. The normalized spacial score (nSPS) is 24.7. The predicted octanol–water partition coefficient (Wildman–Crippen LogP) is 3.30. The van der Waals surface area contributed by atoms with E-state index < -0.39 is 0 Å². The van der Waals surface area contributed by atoms with Crippen molar-refractivity contribution in [1.82, 2.24) is 5.32 Å². The van der Waals surface area contributed by atoms with E-state index in [1.54, 1.807) is 6.07 Å². The number of benzene rings is 1. The molecule has 1 nitrogen and oxygen atoms in total. The minimum Gasteiger partial charge on any atom is -0.309 e. The number of thioether (sulfide) groups is 1. The van der Waals surface area contributed by atoms with Gasteiger partial charge < -0.3 is 5.32 Å². The van der Waals surface area contributed by atoms with Gasteiger partial charge in [0.15, 0.2) is 0 Å². The summed E-state index contributed by atoms with van der Waals surface area (Å²) in [5, 5.41) is 3.63. The van der Waals surface area contributed by atoms with E-state index in [4.69, 9.17) is 0 Å². The summed E-state index contributed by atoms with van der Waals surface area (Å²) in [6, 6.07) is 5.84. The summed E-state index contributed by atoms with van der Waals surface area (Å²) in [5.74, 6) is -0.0298. The van der Waals surface area contributed by atoms with Crippen LogP contribution in [0.5, 0.6) is 0 Å². The summed E-state index contributed by atoms with van der Waals surface area (Å²) in [4.78, 5) is 0. The van der Waals surface area contributed by atoms with E-state index in [2.05, 4.69) is 17.6 Å². The lowest BCUT2D eigenvalue weighted by molar-refractivity contribution is 0.523. The molecule has 1 fully saturated rings. The largest absolute Gasteiger partial charge is 0.309 e. The number of hydrogen-bond donors (Lipinski definition) is 1. The van der Waals surface area contributed by atoms with Crippen molar-refractivity contribution >= 4 is 11.8 Å². The summed E-state index contributed by atoms with van der Waals surface area (Å²) >= 11 is 1.97. The molecular weight excluding hydrogens is 233 g/mol. The van der Waals surface area contributed by atoms with Crippen LogP contribution in [0.15, 0.2) is 18.2 Å². The first-order valence-electron chi connectivity index (χ1n) is 6.30. The summed E-state index contributed by atoms with van der Waals surface area (Å²) in [6.07, 6.45) is 6.76. The first kappa shape index (κ1) is 11.5. The van der Waals surface area contributed by atoms with Crippen LogP contribution >= 0.6 is 11.8 Å². The van der Waals surface area contributed by atoms with E-state index in [1.165, 1.54) is 18.4 Å². The first-order valence-corrected chi connectivity index (χ1v) is 7.52. The van der Waals surface area contributed by atoms with Gasteiger partial charge in [-0.3, -0.25) is 0 Å². The van der Waals surface area contributed by atoms with Crippen molar-refractivity contribution in [2.24, 2.45) is 0 Å².